The van der Waals surface area contributed by atoms with Crippen molar-refractivity contribution in [2.75, 3.05) is 0 Å². The molecule has 0 aromatic heterocycles. The van der Waals surface area contributed by atoms with E-state index < -0.39 is 0 Å². The summed E-state index contributed by atoms with van der Waals surface area (Å²) in [5.41, 5.74) is 0.900. The monoisotopic (exact) mass is 400 g/mol. The maximum absolute atomic E-state index is 13.0. The van der Waals surface area contributed by atoms with Gasteiger partial charge in [0.15, 0.2) is 0 Å². The molecule has 0 aromatic carbocycles. The lowest BCUT2D eigenvalue weighted by molar-refractivity contribution is -0.152. The van der Waals surface area contributed by atoms with Crippen LogP contribution in [0.1, 0.15) is 119 Å². The summed E-state index contributed by atoms with van der Waals surface area (Å²) in [6, 6.07) is 0. The third kappa shape index (κ3) is 3.10. The van der Waals surface area contributed by atoms with Gasteiger partial charge in [-0.05, 0) is 97.7 Å². The van der Waals surface area contributed by atoms with Crippen LogP contribution in [0.3, 0.4) is 0 Å². The molecule has 4 fully saturated rings. The van der Waals surface area contributed by atoms with Gasteiger partial charge in [-0.2, -0.15) is 0 Å². The molecule has 0 amide bonds. The summed E-state index contributed by atoms with van der Waals surface area (Å²) in [6.45, 7) is 14.8. The molecule has 1 heteroatoms. The standard InChI is InChI=1S/C28H48O/c1-7-28-18-13-21-23-12-11-22(20(4)10-8-9-19(2)3)26(23,5)16-14-24(21)27(28,6)17-15-25(28)29/h19-24H,7-18H2,1-6H3/t20-,21+,22-,23+,24+,26-,27-,28-/m1/s1. The van der Waals surface area contributed by atoms with Crippen LogP contribution >= 0.6 is 0 Å². The average Bonchev–Trinajstić information content (AvgIpc) is 3.16. The SMILES string of the molecule is CC[C@]12CC[C@H]3[C@@H]4CC[C@H]([C@H](C)CCCC(C)C)[C@@]4(C)CC[C@@H]3[C@@]1(C)CCC2=O. The van der Waals surface area contributed by atoms with Crippen molar-refractivity contribution < 1.29 is 4.79 Å². The molecule has 0 spiro atoms. The predicted octanol–water partition coefficient (Wildman–Crippen LogP) is 8.07. The minimum Gasteiger partial charge on any atom is -0.299 e. The summed E-state index contributed by atoms with van der Waals surface area (Å²) in [5.74, 6) is 5.95. The van der Waals surface area contributed by atoms with Crippen LogP contribution in [-0.2, 0) is 4.79 Å². The molecule has 0 aromatic rings. The van der Waals surface area contributed by atoms with Crippen molar-refractivity contribution >= 4 is 5.78 Å². The molecule has 4 aliphatic carbocycles. The Hall–Kier alpha value is -0.330. The lowest BCUT2D eigenvalue weighted by Crippen LogP contribution is -2.56. The van der Waals surface area contributed by atoms with E-state index in [4.69, 9.17) is 0 Å². The van der Waals surface area contributed by atoms with E-state index in [1.54, 1.807) is 0 Å². The van der Waals surface area contributed by atoms with E-state index in [1.807, 2.05) is 0 Å². The quantitative estimate of drug-likeness (QED) is 0.440. The second-order valence-corrected chi connectivity index (χ2v) is 12.7. The first kappa shape index (κ1) is 21.9. The average molecular weight is 401 g/mol. The minimum absolute atomic E-state index is 0.0318. The maximum Gasteiger partial charge on any atom is 0.139 e. The minimum atomic E-state index is 0.0318. The number of fused-ring (bicyclic) bond motifs is 5. The van der Waals surface area contributed by atoms with Gasteiger partial charge in [-0.25, -0.2) is 0 Å². The Bertz CT molecular complexity index is 622. The van der Waals surface area contributed by atoms with Crippen LogP contribution in [0.4, 0.5) is 0 Å². The fourth-order valence-electron chi connectivity index (χ4n) is 9.83. The Balaban J connectivity index is 1.52. The fraction of sp³-hybridized carbons (Fsp3) is 0.964. The summed E-state index contributed by atoms with van der Waals surface area (Å²) in [6.07, 6.45) is 15.7. The van der Waals surface area contributed by atoms with Crippen LogP contribution in [0, 0.1) is 51.8 Å². The van der Waals surface area contributed by atoms with Gasteiger partial charge in [0, 0.05) is 11.8 Å². The summed E-state index contributed by atoms with van der Waals surface area (Å²) < 4.78 is 0. The lowest BCUT2D eigenvalue weighted by atomic mass is 9.43. The molecule has 8 atom stereocenters. The van der Waals surface area contributed by atoms with Gasteiger partial charge < -0.3 is 0 Å². The van der Waals surface area contributed by atoms with Crippen LogP contribution < -0.4 is 0 Å². The van der Waals surface area contributed by atoms with Crippen molar-refractivity contribution in [3.05, 3.63) is 0 Å². The Kier molecular flexibility index (Phi) is 5.79. The fourth-order valence-corrected chi connectivity index (χ4v) is 9.83. The number of hydrogen-bond donors (Lipinski definition) is 0. The maximum atomic E-state index is 13.0. The molecule has 0 unspecified atom stereocenters. The van der Waals surface area contributed by atoms with Gasteiger partial charge in [-0.3, -0.25) is 4.79 Å². The zero-order valence-electron chi connectivity index (χ0n) is 20.4. The van der Waals surface area contributed by atoms with E-state index in [0.29, 0.717) is 16.6 Å². The third-order valence-corrected chi connectivity index (χ3v) is 11.5. The van der Waals surface area contributed by atoms with E-state index >= 15 is 0 Å². The first-order valence-electron chi connectivity index (χ1n) is 13.2. The molecule has 0 aliphatic heterocycles. The number of carbonyl (C=O) groups excluding carboxylic acids is 1. The molecule has 4 aliphatic rings. The highest BCUT2D eigenvalue weighted by Gasteiger charge is 2.67. The summed E-state index contributed by atoms with van der Waals surface area (Å²) in [7, 11) is 0. The van der Waals surface area contributed by atoms with Crippen molar-refractivity contribution in [1.29, 1.82) is 0 Å². The van der Waals surface area contributed by atoms with E-state index in [2.05, 4.69) is 41.5 Å². The highest BCUT2D eigenvalue weighted by atomic mass is 16.1. The highest BCUT2D eigenvalue weighted by molar-refractivity contribution is 5.88. The van der Waals surface area contributed by atoms with Gasteiger partial charge in [0.2, 0.25) is 0 Å². The van der Waals surface area contributed by atoms with Crippen LogP contribution in [-0.4, -0.2) is 5.78 Å². The topological polar surface area (TPSA) is 17.1 Å². The van der Waals surface area contributed by atoms with Gasteiger partial charge in [0.05, 0.1) is 0 Å². The van der Waals surface area contributed by atoms with Crippen molar-refractivity contribution in [2.24, 2.45) is 51.8 Å². The van der Waals surface area contributed by atoms with Crippen LogP contribution in [0.25, 0.3) is 0 Å². The molecule has 0 saturated heterocycles. The van der Waals surface area contributed by atoms with Crippen LogP contribution in [0.2, 0.25) is 0 Å². The third-order valence-electron chi connectivity index (χ3n) is 11.5. The van der Waals surface area contributed by atoms with Gasteiger partial charge >= 0.3 is 0 Å². The van der Waals surface area contributed by atoms with Gasteiger partial charge in [0.25, 0.3) is 0 Å². The molecule has 0 radical (unpaired) electrons. The lowest BCUT2D eigenvalue weighted by Gasteiger charge is -2.61. The largest absolute Gasteiger partial charge is 0.299 e. The van der Waals surface area contributed by atoms with Crippen molar-refractivity contribution in [2.45, 2.75) is 119 Å². The Morgan fingerprint density at radius 2 is 1.69 bits per heavy atom. The highest BCUT2D eigenvalue weighted by Crippen LogP contribution is 2.72. The first-order chi connectivity index (χ1) is 13.7. The van der Waals surface area contributed by atoms with E-state index in [-0.39, 0.29) is 5.41 Å². The second kappa shape index (κ2) is 7.67. The van der Waals surface area contributed by atoms with Gasteiger partial charge in [-0.15, -0.1) is 0 Å². The molecule has 4 rings (SSSR count). The summed E-state index contributed by atoms with van der Waals surface area (Å²) in [5, 5.41) is 0. The Morgan fingerprint density at radius 1 is 0.931 bits per heavy atom. The molecule has 0 bridgehead atoms. The first-order valence-corrected chi connectivity index (χ1v) is 13.2. The van der Waals surface area contributed by atoms with Crippen LogP contribution in [0.15, 0.2) is 0 Å². The predicted molar refractivity (Wildman–Crippen MR) is 123 cm³/mol. The van der Waals surface area contributed by atoms with E-state index in [1.165, 1.54) is 64.2 Å². The molecular weight excluding hydrogens is 352 g/mol. The Morgan fingerprint density at radius 3 is 2.38 bits per heavy atom. The zero-order valence-corrected chi connectivity index (χ0v) is 20.4. The molecular formula is C28H48O. The number of carbonyl (C=O) groups is 1. The van der Waals surface area contributed by atoms with Crippen molar-refractivity contribution in [3.8, 4) is 0 Å². The van der Waals surface area contributed by atoms with Crippen LogP contribution in [0.5, 0.6) is 0 Å². The smallest absolute Gasteiger partial charge is 0.139 e. The number of Topliss-reactive ketones (excluding diaryl/α,β-unsaturated/α-hetero) is 1. The van der Waals surface area contributed by atoms with Gasteiger partial charge in [0.1, 0.15) is 5.78 Å². The summed E-state index contributed by atoms with van der Waals surface area (Å²) >= 11 is 0. The number of ketones is 1. The molecule has 4 saturated carbocycles. The zero-order chi connectivity index (χ0) is 21.0. The Labute approximate surface area is 181 Å². The van der Waals surface area contributed by atoms with Crippen molar-refractivity contribution in [1.82, 2.24) is 0 Å². The van der Waals surface area contributed by atoms with E-state index in [0.717, 1.165) is 48.3 Å². The van der Waals surface area contributed by atoms with E-state index in [9.17, 15) is 4.79 Å². The molecule has 1 nitrogen and oxygen atoms in total. The second-order valence-electron chi connectivity index (χ2n) is 12.7. The molecule has 29 heavy (non-hydrogen) atoms. The summed E-state index contributed by atoms with van der Waals surface area (Å²) in [4.78, 5) is 13.0. The molecule has 0 N–H and O–H groups in total. The number of rotatable bonds is 6. The van der Waals surface area contributed by atoms with Gasteiger partial charge in [-0.1, -0.05) is 60.8 Å². The van der Waals surface area contributed by atoms with Crippen molar-refractivity contribution in [3.63, 3.8) is 0 Å². The number of hydrogen-bond acceptors (Lipinski definition) is 1. The molecule has 0 heterocycles. The normalized spacial score (nSPS) is 47.8. The molecule has 166 valence electrons.